The van der Waals surface area contributed by atoms with Gasteiger partial charge in [0.1, 0.15) is 5.82 Å². The van der Waals surface area contributed by atoms with Crippen LogP contribution in [0.2, 0.25) is 0 Å². The number of benzene rings is 2. The van der Waals surface area contributed by atoms with Crippen LogP contribution in [0.1, 0.15) is 27.6 Å². The minimum absolute atomic E-state index is 0.0909. The van der Waals surface area contributed by atoms with Crippen LogP contribution in [0.15, 0.2) is 42.5 Å². The number of aliphatic hydroxyl groups excluding tert-OH is 1. The van der Waals surface area contributed by atoms with Crippen molar-refractivity contribution in [3.05, 3.63) is 75.1 Å². The fourth-order valence-electron chi connectivity index (χ4n) is 2.16. The van der Waals surface area contributed by atoms with Crippen LogP contribution in [0, 0.1) is 22.9 Å². The van der Waals surface area contributed by atoms with E-state index in [4.69, 9.17) is 0 Å². The summed E-state index contributed by atoms with van der Waals surface area (Å²) >= 11 is 0. The summed E-state index contributed by atoms with van der Waals surface area (Å²) in [6, 6.07) is 9.62. The summed E-state index contributed by atoms with van der Waals surface area (Å²) in [5.41, 5.74) is 0.687. The zero-order valence-electron chi connectivity index (χ0n) is 12.3. The largest absolute Gasteiger partial charge is 0.386 e. The summed E-state index contributed by atoms with van der Waals surface area (Å²) < 4.78 is 13.5. The first kappa shape index (κ1) is 16.6. The molecule has 0 heterocycles. The van der Waals surface area contributed by atoms with Gasteiger partial charge < -0.3 is 10.4 Å². The highest BCUT2D eigenvalue weighted by Gasteiger charge is 2.16. The van der Waals surface area contributed by atoms with E-state index in [9.17, 15) is 24.4 Å². The number of nitro groups is 1. The molecular weight excluding hydrogens is 303 g/mol. The van der Waals surface area contributed by atoms with Gasteiger partial charge in [-0.2, -0.15) is 0 Å². The highest BCUT2D eigenvalue weighted by Crippen LogP contribution is 2.18. The topological polar surface area (TPSA) is 92.5 Å². The number of nitrogens with zero attached hydrogens (tertiary/aromatic N) is 1. The molecule has 0 aliphatic heterocycles. The molecule has 1 amide bonds. The lowest BCUT2D eigenvalue weighted by Gasteiger charge is -2.13. The van der Waals surface area contributed by atoms with Gasteiger partial charge in [0.25, 0.3) is 11.6 Å². The molecule has 0 fully saturated rings. The third kappa shape index (κ3) is 3.89. The molecule has 6 nitrogen and oxygen atoms in total. The van der Waals surface area contributed by atoms with Crippen LogP contribution < -0.4 is 5.32 Å². The van der Waals surface area contributed by atoms with Crippen molar-refractivity contribution in [3.8, 4) is 0 Å². The first-order chi connectivity index (χ1) is 10.9. The molecule has 0 bridgehead atoms. The Bertz CT molecular complexity index is 749. The van der Waals surface area contributed by atoms with Crippen molar-refractivity contribution in [2.24, 2.45) is 0 Å². The Morgan fingerprint density at radius 3 is 2.65 bits per heavy atom. The number of nitro benzene ring substituents is 1. The zero-order valence-corrected chi connectivity index (χ0v) is 12.3. The van der Waals surface area contributed by atoms with Crippen molar-refractivity contribution >= 4 is 11.6 Å². The van der Waals surface area contributed by atoms with Crippen LogP contribution in [-0.2, 0) is 0 Å². The number of carbonyl (C=O) groups is 1. The standard InChI is InChI=1S/C16H15FN2O4/c1-10-8-11(19(22)23)6-7-12(10)16(21)18-9-15(20)13-4-2-3-5-14(13)17/h2-8,15,20H,9H2,1H3,(H,18,21). The zero-order chi connectivity index (χ0) is 17.0. The van der Waals surface area contributed by atoms with Crippen LogP contribution in [0.5, 0.6) is 0 Å². The van der Waals surface area contributed by atoms with E-state index in [-0.39, 0.29) is 23.4 Å². The van der Waals surface area contributed by atoms with E-state index in [0.717, 1.165) is 0 Å². The van der Waals surface area contributed by atoms with E-state index in [1.165, 1.54) is 36.4 Å². The molecule has 1 atom stereocenters. The summed E-state index contributed by atoms with van der Waals surface area (Å²) in [4.78, 5) is 22.2. The van der Waals surface area contributed by atoms with Gasteiger partial charge in [-0.3, -0.25) is 14.9 Å². The third-order valence-corrected chi connectivity index (χ3v) is 3.39. The summed E-state index contributed by atoms with van der Waals surface area (Å²) in [5, 5.41) is 23.1. The Kier molecular flexibility index (Phi) is 5.02. The Balaban J connectivity index is 2.05. The van der Waals surface area contributed by atoms with Crippen molar-refractivity contribution in [2.45, 2.75) is 13.0 Å². The Hall–Kier alpha value is -2.80. The van der Waals surface area contributed by atoms with Gasteiger partial charge >= 0.3 is 0 Å². The van der Waals surface area contributed by atoms with Crippen molar-refractivity contribution in [1.29, 1.82) is 0 Å². The molecule has 0 radical (unpaired) electrons. The van der Waals surface area contributed by atoms with E-state index in [2.05, 4.69) is 5.32 Å². The summed E-state index contributed by atoms with van der Waals surface area (Å²) in [6.45, 7) is 1.41. The summed E-state index contributed by atoms with van der Waals surface area (Å²) in [5.74, 6) is -1.05. The predicted octanol–water partition coefficient (Wildman–Crippen LogP) is 2.51. The van der Waals surface area contributed by atoms with Crippen molar-refractivity contribution in [2.75, 3.05) is 6.54 Å². The number of rotatable bonds is 5. The van der Waals surface area contributed by atoms with Crippen LogP contribution in [0.3, 0.4) is 0 Å². The fraction of sp³-hybridized carbons (Fsp3) is 0.188. The highest BCUT2D eigenvalue weighted by atomic mass is 19.1. The second kappa shape index (κ2) is 6.97. The first-order valence-corrected chi connectivity index (χ1v) is 6.86. The number of amides is 1. The number of nitrogens with one attached hydrogen (secondary N) is 1. The van der Waals surface area contributed by atoms with Crippen LogP contribution in [0.4, 0.5) is 10.1 Å². The average Bonchev–Trinajstić information content (AvgIpc) is 2.52. The van der Waals surface area contributed by atoms with E-state index in [0.29, 0.717) is 5.56 Å². The number of hydrogen-bond acceptors (Lipinski definition) is 4. The molecule has 0 saturated heterocycles. The molecule has 0 saturated carbocycles. The molecule has 7 heteroatoms. The number of halogens is 1. The molecule has 23 heavy (non-hydrogen) atoms. The lowest BCUT2D eigenvalue weighted by Crippen LogP contribution is -2.29. The molecule has 0 aromatic heterocycles. The molecule has 0 spiro atoms. The number of carbonyl (C=O) groups excluding carboxylic acids is 1. The minimum atomic E-state index is -1.18. The third-order valence-electron chi connectivity index (χ3n) is 3.39. The van der Waals surface area contributed by atoms with Crippen LogP contribution in [0.25, 0.3) is 0 Å². The molecule has 2 aromatic carbocycles. The van der Waals surface area contributed by atoms with Gasteiger partial charge in [-0.15, -0.1) is 0 Å². The first-order valence-electron chi connectivity index (χ1n) is 6.86. The van der Waals surface area contributed by atoms with E-state index >= 15 is 0 Å². The minimum Gasteiger partial charge on any atom is -0.386 e. The molecule has 2 rings (SSSR count). The fourth-order valence-corrected chi connectivity index (χ4v) is 2.16. The summed E-state index contributed by atoms with van der Waals surface area (Å²) in [7, 11) is 0. The molecular formula is C16H15FN2O4. The SMILES string of the molecule is Cc1cc([N+](=O)[O-])ccc1C(=O)NCC(O)c1ccccc1F. The maximum absolute atomic E-state index is 13.5. The highest BCUT2D eigenvalue weighted by molar-refractivity contribution is 5.95. The maximum atomic E-state index is 13.5. The number of hydrogen-bond donors (Lipinski definition) is 2. The Morgan fingerprint density at radius 2 is 2.04 bits per heavy atom. The average molecular weight is 318 g/mol. The number of aliphatic hydroxyl groups is 1. The maximum Gasteiger partial charge on any atom is 0.269 e. The van der Waals surface area contributed by atoms with Gasteiger partial charge in [-0.05, 0) is 24.6 Å². The lowest BCUT2D eigenvalue weighted by molar-refractivity contribution is -0.384. The van der Waals surface area contributed by atoms with Gasteiger partial charge in [0.2, 0.25) is 0 Å². The van der Waals surface area contributed by atoms with E-state index in [1.807, 2.05) is 0 Å². The lowest BCUT2D eigenvalue weighted by atomic mass is 10.1. The van der Waals surface area contributed by atoms with E-state index < -0.39 is 22.8 Å². The smallest absolute Gasteiger partial charge is 0.269 e. The van der Waals surface area contributed by atoms with Crippen molar-refractivity contribution in [3.63, 3.8) is 0 Å². The normalized spacial score (nSPS) is 11.8. The number of aryl methyl sites for hydroxylation is 1. The monoisotopic (exact) mass is 318 g/mol. The van der Waals surface area contributed by atoms with Crippen LogP contribution in [-0.4, -0.2) is 22.5 Å². The molecule has 0 aliphatic carbocycles. The molecule has 2 N–H and O–H groups in total. The second-order valence-electron chi connectivity index (χ2n) is 5.00. The molecule has 1 unspecified atom stereocenters. The molecule has 0 aliphatic rings. The van der Waals surface area contributed by atoms with Gasteiger partial charge in [0.05, 0.1) is 11.0 Å². The Labute approximate surface area is 131 Å². The van der Waals surface area contributed by atoms with Crippen LogP contribution >= 0.6 is 0 Å². The van der Waals surface area contributed by atoms with Crippen molar-refractivity contribution in [1.82, 2.24) is 5.32 Å². The van der Waals surface area contributed by atoms with Gasteiger partial charge in [-0.1, -0.05) is 18.2 Å². The predicted molar refractivity (Wildman–Crippen MR) is 81.5 cm³/mol. The van der Waals surface area contributed by atoms with Gasteiger partial charge in [0.15, 0.2) is 0 Å². The van der Waals surface area contributed by atoms with Gasteiger partial charge in [-0.25, -0.2) is 4.39 Å². The van der Waals surface area contributed by atoms with Crippen molar-refractivity contribution < 1.29 is 19.2 Å². The molecule has 120 valence electrons. The summed E-state index contributed by atoms with van der Waals surface area (Å²) in [6.07, 6.45) is -1.18. The Morgan fingerprint density at radius 1 is 1.35 bits per heavy atom. The molecule has 2 aromatic rings. The van der Waals surface area contributed by atoms with Gasteiger partial charge in [0, 0.05) is 29.8 Å². The number of non-ortho nitro benzene ring substituents is 1. The van der Waals surface area contributed by atoms with E-state index in [1.54, 1.807) is 13.0 Å². The second-order valence-corrected chi connectivity index (χ2v) is 5.00. The quantitative estimate of drug-likeness (QED) is 0.654.